The normalized spacial score (nSPS) is 11.5. The van der Waals surface area contributed by atoms with Crippen molar-refractivity contribution in [2.45, 2.75) is 19.4 Å². The highest BCUT2D eigenvalue weighted by Gasteiger charge is 2.15. The largest absolute Gasteiger partial charge is 0.368 e. The predicted molar refractivity (Wildman–Crippen MR) is 63.9 cm³/mol. The van der Waals surface area contributed by atoms with E-state index in [4.69, 9.17) is 5.73 Å². The van der Waals surface area contributed by atoms with Gasteiger partial charge in [-0.25, -0.2) is 0 Å². The number of carbonyl (C=O) groups excluding carboxylic acids is 1. The van der Waals surface area contributed by atoms with Crippen LogP contribution in [0.15, 0.2) is 30.3 Å². The van der Waals surface area contributed by atoms with Gasteiger partial charge in [0.2, 0.25) is 5.91 Å². The highest BCUT2D eigenvalue weighted by molar-refractivity contribution is 5.85. The number of hydrogen-bond donors (Lipinski definition) is 2. The lowest BCUT2D eigenvalue weighted by atomic mass is 10.1. The minimum atomic E-state index is -0.365. The first-order valence-corrected chi connectivity index (χ1v) is 4.83. The van der Waals surface area contributed by atoms with Gasteiger partial charge < -0.3 is 11.1 Å². The SMILES string of the molecule is CCCN[C@H](C(N)=O)c1ccccc1.Cl. The standard InChI is InChI=1S/C11H16N2O.ClH/c1-2-8-13-10(11(12)14)9-6-4-3-5-7-9;/h3-7,10,13H,2,8H2,1H3,(H2,12,14);1H/t10-;/m0./s1. The maximum absolute atomic E-state index is 11.2. The summed E-state index contributed by atoms with van der Waals surface area (Å²) >= 11 is 0. The van der Waals surface area contributed by atoms with Crippen molar-refractivity contribution in [1.29, 1.82) is 0 Å². The van der Waals surface area contributed by atoms with Gasteiger partial charge >= 0.3 is 0 Å². The van der Waals surface area contributed by atoms with Crippen LogP contribution in [0.5, 0.6) is 0 Å². The van der Waals surface area contributed by atoms with Crippen LogP contribution in [0.2, 0.25) is 0 Å². The molecule has 1 amide bonds. The Balaban J connectivity index is 0.00000196. The van der Waals surface area contributed by atoms with E-state index in [1.807, 2.05) is 30.3 Å². The molecule has 0 fully saturated rings. The van der Waals surface area contributed by atoms with Gasteiger partial charge in [-0.05, 0) is 18.5 Å². The fourth-order valence-electron chi connectivity index (χ4n) is 1.32. The van der Waals surface area contributed by atoms with Crippen LogP contribution in [-0.2, 0) is 4.79 Å². The highest BCUT2D eigenvalue weighted by atomic mass is 35.5. The van der Waals surface area contributed by atoms with Crippen LogP contribution in [0.3, 0.4) is 0 Å². The van der Waals surface area contributed by atoms with Crippen molar-refractivity contribution in [2.24, 2.45) is 5.73 Å². The van der Waals surface area contributed by atoms with E-state index in [2.05, 4.69) is 12.2 Å². The Bertz CT molecular complexity index is 290. The zero-order valence-electron chi connectivity index (χ0n) is 8.77. The quantitative estimate of drug-likeness (QED) is 0.805. The smallest absolute Gasteiger partial charge is 0.239 e. The number of hydrogen-bond acceptors (Lipinski definition) is 2. The van der Waals surface area contributed by atoms with E-state index in [1.165, 1.54) is 0 Å². The third-order valence-electron chi connectivity index (χ3n) is 2.02. The van der Waals surface area contributed by atoms with Gasteiger partial charge in [-0.1, -0.05) is 37.3 Å². The second-order valence-corrected chi connectivity index (χ2v) is 3.20. The monoisotopic (exact) mass is 228 g/mol. The lowest BCUT2D eigenvalue weighted by Crippen LogP contribution is -2.33. The van der Waals surface area contributed by atoms with Gasteiger partial charge in [0.15, 0.2) is 0 Å². The van der Waals surface area contributed by atoms with Gasteiger partial charge in [0, 0.05) is 0 Å². The number of rotatable bonds is 5. The maximum Gasteiger partial charge on any atom is 0.239 e. The highest BCUT2D eigenvalue weighted by Crippen LogP contribution is 2.11. The number of nitrogens with two attached hydrogens (primary N) is 1. The molecular weight excluding hydrogens is 212 g/mol. The average molecular weight is 229 g/mol. The fourth-order valence-corrected chi connectivity index (χ4v) is 1.32. The number of nitrogens with one attached hydrogen (secondary N) is 1. The number of amides is 1. The second-order valence-electron chi connectivity index (χ2n) is 3.20. The molecule has 1 aromatic rings. The average Bonchev–Trinajstić information content (AvgIpc) is 2.19. The summed E-state index contributed by atoms with van der Waals surface area (Å²) in [5, 5.41) is 3.11. The molecule has 4 heteroatoms. The van der Waals surface area contributed by atoms with Gasteiger partial charge in [-0.2, -0.15) is 0 Å². The molecular formula is C11H17ClN2O. The van der Waals surface area contributed by atoms with Gasteiger partial charge in [0.1, 0.15) is 6.04 Å². The van der Waals surface area contributed by atoms with Crippen LogP contribution < -0.4 is 11.1 Å². The molecule has 1 aromatic carbocycles. The van der Waals surface area contributed by atoms with Crippen molar-refractivity contribution in [3.8, 4) is 0 Å². The molecule has 0 saturated heterocycles. The first kappa shape index (κ1) is 13.9. The zero-order valence-corrected chi connectivity index (χ0v) is 9.59. The van der Waals surface area contributed by atoms with Crippen LogP contribution in [0, 0.1) is 0 Å². The molecule has 0 spiro atoms. The Morgan fingerprint density at radius 2 is 2.00 bits per heavy atom. The van der Waals surface area contributed by atoms with E-state index < -0.39 is 0 Å². The fraction of sp³-hybridized carbons (Fsp3) is 0.364. The number of halogens is 1. The summed E-state index contributed by atoms with van der Waals surface area (Å²) in [6.45, 7) is 2.85. The van der Waals surface area contributed by atoms with Crippen molar-refractivity contribution >= 4 is 18.3 Å². The zero-order chi connectivity index (χ0) is 10.4. The number of primary amides is 1. The minimum Gasteiger partial charge on any atom is -0.368 e. The molecule has 3 nitrogen and oxygen atoms in total. The van der Waals surface area contributed by atoms with Crippen LogP contribution >= 0.6 is 12.4 Å². The predicted octanol–water partition coefficient (Wildman–Crippen LogP) is 1.63. The van der Waals surface area contributed by atoms with Gasteiger partial charge in [-0.15, -0.1) is 12.4 Å². The van der Waals surface area contributed by atoms with Crippen molar-refractivity contribution < 1.29 is 4.79 Å². The summed E-state index contributed by atoms with van der Waals surface area (Å²) in [6.07, 6.45) is 0.983. The van der Waals surface area contributed by atoms with Crippen molar-refractivity contribution in [3.63, 3.8) is 0 Å². The Hall–Kier alpha value is -1.06. The van der Waals surface area contributed by atoms with E-state index in [0.29, 0.717) is 0 Å². The Morgan fingerprint density at radius 3 is 2.47 bits per heavy atom. The summed E-state index contributed by atoms with van der Waals surface area (Å²) < 4.78 is 0. The van der Waals surface area contributed by atoms with Crippen molar-refractivity contribution in [1.82, 2.24) is 5.32 Å². The molecule has 15 heavy (non-hydrogen) atoms. The van der Waals surface area contributed by atoms with Gasteiger partial charge in [-0.3, -0.25) is 4.79 Å². The molecule has 0 unspecified atom stereocenters. The van der Waals surface area contributed by atoms with E-state index in [1.54, 1.807) is 0 Å². The molecule has 0 aliphatic heterocycles. The molecule has 0 radical (unpaired) electrons. The van der Waals surface area contributed by atoms with E-state index in [0.717, 1.165) is 18.5 Å². The topological polar surface area (TPSA) is 55.1 Å². The first-order chi connectivity index (χ1) is 6.75. The third-order valence-corrected chi connectivity index (χ3v) is 2.02. The molecule has 0 aromatic heterocycles. The minimum absolute atomic E-state index is 0. The van der Waals surface area contributed by atoms with Crippen LogP contribution in [0.1, 0.15) is 24.9 Å². The lowest BCUT2D eigenvalue weighted by Gasteiger charge is -2.14. The molecule has 3 N–H and O–H groups in total. The molecule has 0 aliphatic rings. The van der Waals surface area contributed by atoms with Crippen molar-refractivity contribution in [3.05, 3.63) is 35.9 Å². The van der Waals surface area contributed by atoms with Gasteiger partial charge in [0.25, 0.3) is 0 Å². The van der Waals surface area contributed by atoms with Crippen LogP contribution in [-0.4, -0.2) is 12.5 Å². The molecule has 0 bridgehead atoms. The molecule has 1 atom stereocenters. The molecule has 0 saturated carbocycles. The Kier molecular flexibility index (Phi) is 6.75. The van der Waals surface area contributed by atoms with Crippen LogP contribution in [0.4, 0.5) is 0 Å². The Morgan fingerprint density at radius 1 is 1.40 bits per heavy atom. The molecule has 1 rings (SSSR count). The van der Waals surface area contributed by atoms with E-state index >= 15 is 0 Å². The summed E-state index contributed by atoms with van der Waals surface area (Å²) in [6, 6.07) is 9.16. The summed E-state index contributed by atoms with van der Waals surface area (Å²) in [7, 11) is 0. The number of benzene rings is 1. The summed E-state index contributed by atoms with van der Waals surface area (Å²) in [5.41, 5.74) is 6.23. The van der Waals surface area contributed by atoms with Crippen LogP contribution in [0.25, 0.3) is 0 Å². The van der Waals surface area contributed by atoms with Gasteiger partial charge in [0.05, 0.1) is 0 Å². The maximum atomic E-state index is 11.2. The summed E-state index contributed by atoms with van der Waals surface area (Å²) in [4.78, 5) is 11.2. The molecule has 0 heterocycles. The third kappa shape index (κ3) is 4.32. The van der Waals surface area contributed by atoms with E-state index in [-0.39, 0.29) is 24.4 Å². The lowest BCUT2D eigenvalue weighted by molar-refractivity contribution is -0.120. The van der Waals surface area contributed by atoms with Crippen molar-refractivity contribution in [2.75, 3.05) is 6.54 Å². The summed E-state index contributed by atoms with van der Waals surface area (Å²) in [5.74, 6) is -0.329. The molecule has 0 aliphatic carbocycles. The van der Waals surface area contributed by atoms with E-state index in [9.17, 15) is 4.79 Å². The number of carbonyl (C=O) groups is 1. The first-order valence-electron chi connectivity index (χ1n) is 4.83. The second kappa shape index (κ2) is 7.26. The molecule has 84 valence electrons. The Labute approximate surface area is 96.5 Å².